The van der Waals surface area contributed by atoms with Gasteiger partial charge in [0.15, 0.2) is 0 Å². The second-order valence-corrected chi connectivity index (χ2v) is 4.66. The van der Waals surface area contributed by atoms with E-state index in [2.05, 4.69) is 11.4 Å². The van der Waals surface area contributed by atoms with Gasteiger partial charge in [-0.2, -0.15) is 0 Å². The molecule has 0 spiro atoms. The first-order valence-electron chi connectivity index (χ1n) is 6.10. The number of aryl methyl sites for hydroxylation is 2. The molecule has 2 rings (SSSR count). The SMILES string of the molecule is Cc1cccc(CNc2cc(C)cc([N+](=O)[O-])c2)c1. The van der Waals surface area contributed by atoms with Crippen molar-refractivity contribution in [3.8, 4) is 0 Å². The molecule has 98 valence electrons. The monoisotopic (exact) mass is 256 g/mol. The van der Waals surface area contributed by atoms with Crippen molar-refractivity contribution >= 4 is 11.4 Å². The molecule has 4 heteroatoms. The minimum atomic E-state index is -0.370. The lowest BCUT2D eigenvalue weighted by Gasteiger charge is -2.08. The van der Waals surface area contributed by atoms with Gasteiger partial charge in [-0.05, 0) is 31.0 Å². The Kier molecular flexibility index (Phi) is 3.80. The first-order valence-corrected chi connectivity index (χ1v) is 6.10. The predicted molar refractivity (Wildman–Crippen MR) is 76.3 cm³/mol. The highest BCUT2D eigenvalue weighted by Crippen LogP contribution is 2.21. The number of nitro benzene ring substituents is 1. The zero-order valence-corrected chi connectivity index (χ0v) is 11.0. The van der Waals surface area contributed by atoms with E-state index in [1.54, 1.807) is 12.1 Å². The van der Waals surface area contributed by atoms with Crippen LogP contribution in [0.4, 0.5) is 11.4 Å². The van der Waals surface area contributed by atoms with Crippen LogP contribution < -0.4 is 5.32 Å². The van der Waals surface area contributed by atoms with E-state index >= 15 is 0 Å². The summed E-state index contributed by atoms with van der Waals surface area (Å²) in [5, 5.41) is 14.0. The minimum Gasteiger partial charge on any atom is -0.381 e. The molecule has 0 bridgehead atoms. The highest BCUT2D eigenvalue weighted by molar-refractivity contribution is 5.54. The molecule has 0 aliphatic heterocycles. The number of nitro groups is 1. The summed E-state index contributed by atoms with van der Waals surface area (Å²) >= 11 is 0. The van der Waals surface area contributed by atoms with Crippen molar-refractivity contribution in [2.24, 2.45) is 0 Å². The van der Waals surface area contributed by atoms with Crippen LogP contribution in [0.3, 0.4) is 0 Å². The standard InChI is InChI=1S/C15H16N2O2/c1-11-4-3-5-13(6-11)10-16-14-7-12(2)8-15(9-14)17(18)19/h3-9,16H,10H2,1-2H3. The van der Waals surface area contributed by atoms with Crippen LogP contribution in [0.2, 0.25) is 0 Å². The van der Waals surface area contributed by atoms with Crippen LogP contribution in [0.25, 0.3) is 0 Å². The second kappa shape index (κ2) is 5.52. The van der Waals surface area contributed by atoms with Crippen LogP contribution in [0, 0.1) is 24.0 Å². The lowest BCUT2D eigenvalue weighted by atomic mass is 10.1. The molecule has 2 aromatic rings. The third-order valence-corrected chi connectivity index (χ3v) is 2.85. The summed E-state index contributed by atoms with van der Waals surface area (Å²) in [4.78, 5) is 10.4. The predicted octanol–water partition coefficient (Wildman–Crippen LogP) is 3.82. The number of hydrogen-bond acceptors (Lipinski definition) is 3. The normalized spacial score (nSPS) is 10.2. The van der Waals surface area contributed by atoms with Gasteiger partial charge in [0.25, 0.3) is 5.69 Å². The summed E-state index contributed by atoms with van der Waals surface area (Å²) < 4.78 is 0. The molecule has 0 saturated carbocycles. The molecule has 0 aliphatic carbocycles. The molecule has 0 saturated heterocycles. The Bertz CT molecular complexity index is 609. The zero-order chi connectivity index (χ0) is 13.8. The fourth-order valence-electron chi connectivity index (χ4n) is 2.00. The summed E-state index contributed by atoms with van der Waals surface area (Å²) in [6, 6.07) is 13.2. The number of anilines is 1. The van der Waals surface area contributed by atoms with Gasteiger partial charge in [0.1, 0.15) is 0 Å². The van der Waals surface area contributed by atoms with Crippen molar-refractivity contribution in [2.45, 2.75) is 20.4 Å². The Balaban J connectivity index is 2.13. The molecular formula is C15H16N2O2. The van der Waals surface area contributed by atoms with Crippen molar-refractivity contribution in [2.75, 3.05) is 5.32 Å². The van der Waals surface area contributed by atoms with Gasteiger partial charge in [-0.25, -0.2) is 0 Å². The van der Waals surface area contributed by atoms with E-state index in [0.717, 1.165) is 16.8 Å². The third kappa shape index (κ3) is 3.55. The summed E-state index contributed by atoms with van der Waals surface area (Å²) in [6.45, 7) is 4.55. The highest BCUT2D eigenvalue weighted by Gasteiger charge is 2.07. The minimum absolute atomic E-state index is 0.117. The van der Waals surface area contributed by atoms with Gasteiger partial charge in [-0.1, -0.05) is 29.8 Å². The zero-order valence-electron chi connectivity index (χ0n) is 11.0. The maximum absolute atomic E-state index is 10.8. The molecule has 0 amide bonds. The largest absolute Gasteiger partial charge is 0.381 e. The molecule has 2 aromatic carbocycles. The maximum Gasteiger partial charge on any atom is 0.271 e. The van der Waals surface area contributed by atoms with E-state index in [4.69, 9.17) is 0 Å². The van der Waals surface area contributed by atoms with Gasteiger partial charge in [0, 0.05) is 24.4 Å². The highest BCUT2D eigenvalue weighted by atomic mass is 16.6. The number of hydrogen-bond donors (Lipinski definition) is 1. The maximum atomic E-state index is 10.8. The molecule has 4 nitrogen and oxygen atoms in total. The second-order valence-electron chi connectivity index (χ2n) is 4.66. The third-order valence-electron chi connectivity index (χ3n) is 2.85. The average Bonchev–Trinajstić information content (AvgIpc) is 2.36. The Morgan fingerprint density at radius 2 is 1.89 bits per heavy atom. The van der Waals surface area contributed by atoms with Crippen LogP contribution >= 0.6 is 0 Å². The van der Waals surface area contributed by atoms with Gasteiger partial charge in [-0.3, -0.25) is 10.1 Å². The number of nitrogens with one attached hydrogen (secondary N) is 1. The van der Waals surface area contributed by atoms with Crippen LogP contribution in [0.1, 0.15) is 16.7 Å². The van der Waals surface area contributed by atoms with Crippen LogP contribution in [0.15, 0.2) is 42.5 Å². The van der Waals surface area contributed by atoms with Gasteiger partial charge in [0.05, 0.1) is 4.92 Å². The molecular weight excluding hydrogens is 240 g/mol. The van der Waals surface area contributed by atoms with E-state index in [1.165, 1.54) is 5.56 Å². The number of nitrogens with zero attached hydrogens (tertiary/aromatic N) is 1. The lowest BCUT2D eigenvalue weighted by molar-refractivity contribution is -0.384. The Labute approximate surface area is 112 Å². The van der Waals surface area contributed by atoms with Gasteiger partial charge in [-0.15, -0.1) is 0 Å². The topological polar surface area (TPSA) is 55.2 Å². The van der Waals surface area contributed by atoms with Crippen LogP contribution in [0.5, 0.6) is 0 Å². The number of rotatable bonds is 4. The fraction of sp³-hybridized carbons (Fsp3) is 0.200. The van der Waals surface area contributed by atoms with Crippen molar-refractivity contribution in [1.82, 2.24) is 0 Å². The van der Waals surface area contributed by atoms with Crippen LogP contribution in [-0.2, 0) is 6.54 Å². The summed E-state index contributed by atoms with van der Waals surface area (Å²) in [5.74, 6) is 0. The van der Waals surface area contributed by atoms with Gasteiger partial charge < -0.3 is 5.32 Å². The summed E-state index contributed by atoms with van der Waals surface area (Å²) in [7, 11) is 0. The molecule has 0 radical (unpaired) electrons. The van der Waals surface area contributed by atoms with Crippen molar-refractivity contribution in [1.29, 1.82) is 0 Å². The van der Waals surface area contributed by atoms with Crippen LogP contribution in [-0.4, -0.2) is 4.92 Å². The van der Waals surface area contributed by atoms with E-state index in [9.17, 15) is 10.1 Å². The van der Waals surface area contributed by atoms with Gasteiger partial charge in [0.2, 0.25) is 0 Å². The summed E-state index contributed by atoms with van der Waals surface area (Å²) in [6.07, 6.45) is 0. The first kappa shape index (κ1) is 13.1. The van der Waals surface area contributed by atoms with Crippen molar-refractivity contribution in [3.63, 3.8) is 0 Å². The van der Waals surface area contributed by atoms with E-state index in [1.807, 2.05) is 38.1 Å². The molecule has 0 fully saturated rings. The lowest BCUT2D eigenvalue weighted by Crippen LogP contribution is -2.00. The average molecular weight is 256 g/mol. The first-order chi connectivity index (χ1) is 9.04. The van der Waals surface area contributed by atoms with E-state index in [0.29, 0.717) is 6.54 Å². The number of benzene rings is 2. The Hall–Kier alpha value is -2.36. The number of non-ortho nitro benzene ring substituents is 1. The quantitative estimate of drug-likeness (QED) is 0.668. The van der Waals surface area contributed by atoms with E-state index in [-0.39, 0.29) is 10.6 Å². The molecule has 0 heterocycles. The Morgan fingerprint density at radius 1 is 1.11 bits per heavy atom. The van der Waals surface area contributed by atoms with Crippen molar-refractivity contribution < 1.29 is 4.92 Å². The molecule has 0 atom stereocenters. The van der Waals surface area contributed by atoms with Crippen molar-refractivity contribution in [3.05, 3.63) is 69.3 Å². The Morgan fingerprint density at radius 3 is 2.58 bits per heavy atom. The summed E-state index contributed by atoms with van der Waals surface area (Å²) in [5.41, 5.74) is 4.12. The molecule has 1 N–H and O–H groups in total. The van der Waals surface area contributed by atoms with Gasteiger partial charge >= 0.3 is 0 Å². The molecule has 0 unspecified atom stereocenters. The fourth-order valence-corrected chi connectivity index (χ4v) is 2.00. The smallest absolute Gasteiger partial charge is 0.271 e. The molecule has 0 aliphatic rings. The molecule has 0 aromatic heterocycles. The molecule has 19 heavy (non-hydrogen) atoms. The van der Waals surface area contributed by atoms with E-state index < -0.39 is 0 Å².